The summed E-state index contributed by atoms with van der Waals surface area (Å²) in [5.41, 5.74) is -3.19. The monoisotopic (exact) mass is 1260 g/mol. The van der Waals surface area contributed by atoms with Gasteiger partial charge in [0.15, 0.2) is 0 Å². The van der Waals surface area contributed by atoms with Gasteiger partial charge in [-0.25, -0.2) is 27.8 Å². The van der Waals surface area contributed by atoms with Gasteiger partial charge in [-0.1, -0.05) is 96.9 Å². The lowest BCUT2D eigenvalue weighted by molar-refractivity contribution is -0.0354. The number of nitrogens with zero attached hydrogens (tertiary/aromatic N) is 3. The number of aromatic nitrogens is 6. The second-order valence-corrected chi connectivity index (χ2v) is 25.7. The molecule has 0 spiro atoms. The molecule has 0 aromatic carbocycles. The molecule has 6 heterocycles. The summed E-state index contributed by atoms with van der Waals surface area (Å²) in [5.74, 6) is -0.245. The summed E-state index contributed by atoms with van der Waals surface area (Å²) in [6, 6.07) is 3.70. The Kier molecular flexibility index (Phi) is 33.9. The van der Waals surface area contributed by atoms with Gasteiger partial charge in [-0.3, -0.25) is 43.0 Å². The summed E-state index contributed by atoms with van der Waals surface area (Å²) in [7, 11) is -18.5. The van der Waals surface area contributed by atoms with Gasteiger partial charge in [-0.2, -0.15) is 4.31 Å². The summed E-state index contributed by atoms with van der Waals surface area (Å²) in [6.07, 6.45) is 11.0. The Bertz CT molecular complexity index is 2880. The molecule has 0 aliphatic carbocycles. The Morgan fingerprint density at radius 1 is 0.457 bits per heavy atom. The third kappa shape index (κ3) is 24.7. The van der Waals surface area contributed by atoms with Crippen LogP contribution in [0.1, 0.15) is 116 Å². The van der Waals surface area contributed by atoms with Crippen molar-refractivity contribution in [1.82, 2.24) is 28.7 Å². The minimum absolute atomic E-state index is 0.0241. The largest absolute Gasteiger partial charge is 0.487 e. The van der Waals surface area contributed by atoms with Crippen LogP contribution in [0.3, 0.4) is 0 Å². The van der Waals surface area contributed by atoms with Crippen molar-refractivity contribution in [2.24, 2.45) is 35.5 Å². The molecule has 0 radical (unpaired) electrons. The van der Waals surface area contributed by atoms with Gasteiger partial charge in [-0.05, 0) is 36.7 Å². The van der Waals surface area contributed by atoms with Crippen LogP contribution in [0, 0.1) is 35.5 Å². The number of hydrogen-bond acceptors (Lipinski definition) is 21. The first-order valence-electron chi connectivity index (χ1n) is 25.8. The Morgan fingerprint density at radius 3 is 0.926 bits per heavy atom. The Balaban J connectivity index is 0.00000113. The Labute approximate surface area is 471 Å². The lowest BCUT2D eigenvalue weighted by atomic mass is 9.93. The maximum absolute atomic E-state index is 12.0. The third-order valence-electron chi connectivity index (χ3n) is 12.2. The molecular weight excluding hydrogens is 1180 g/mol. The fourth-order valence-corrected chi connectivity index (χ4v) is 11.8. The van der Waals surface area contributed by atoms with Crippen LogP contribution in [0.15, 0.2) is 65.6 Å². The van der Waals surface area contributed by atoms with Crippen LogP contribution < -0.4 is 33.7 Å². The van der Waals surface area contributed by atoms with Gasteiger partial charge in [0.25, 0.3) is 24.2 Å². The number of nitrogens with one attached hydrogen (secondary N) is 3. The molecule has 0 saturated carbocycles. The van der Waals surface area contributed by atoms with E-state index in [0.717, 1.165) is 6.07 Å². The second-order valence-electron chi connectivity index (χ2n) is 17.2. The number of aromatic amines is 3. The van der Waals surface area contributed by atoms with Gasteiger partial charge >= 0.3 is 32.7 Å². The number of ether oxygens (including phenoxy) is 3. The quantitative estimate of drug-likeness (QED) is 0.0724. The van der Waals surface area contributed by atoms with Crippen LogP contribution in [0.5, 0.6) is 0 Å². The van der Waals surface area contributed by atoms with E-state index in [0.29, 0.717) is 0 Å². The van der Waals surface area contributed by atoms with Crippen LogP contribution in [-0.2, 0) is 54.6 Å². The molecule has 470 valence electrons. The number of phosphoric acid groups is 2. The van der Waals surface area contributed by atoms with E-state index in [1.54, 1.807) is 13.8 Å². The van der Waals surface area contributed by atoms with E-state index in [-0.39, 0.29) is 67.5 Å². The zero-order valence-corrected chi connectivity index (χ0v) is 53.2. The first-order chi connectivity index (χ1) is 37.6. The molecule has 35 heteroatoms. The molecule has 3 fully saturated rings. The van der Waals surface area contributed by atoms with Crippen molar-refractivity contribution in [1.29, 1.82) is 0 Å². The summed E-state index contributed by atoms with van der Waals surface area (Å²) >= 11 is 0. The molecule has 16 atom stereocenters. The van der Waals surface area contributed by atoms with Crippen molar-refractivity contribution in [2.45, 2.75) is 134 Å². The van der Waals surface area contributed by atoms with Crippen LogP contribution in [0.4, 0.5) is 0 Å². The van der Waals surface area contributed by atoms with Gasteiger partial charge in [0.2, 0.25) is 15.1 Å². The van der Waals surface area contributed by atoms with Gasteiger partial charge in [0.05, 0.1) is 38.1 Å². The summed E-state index contributed by atoms with van der Waals surface area (Å²) in [6.45, 7) is 27.2. The molecular formula is C46H87N6O24P5. The molecule has 81 heavy (non-hydrogen) atoms. The average Bonchev–Trinajstić information content (AvgIpc) is 3.96. The minimum Gasteiger partial charge on any atom is -0.352 e. The standard InChI is InChI=1S/2C13H21N2O6P.C12H21N2O12P3.4C2H6/c2*1-8-9(2)12(15-6-5-11(16)14-13(15)17)21-10(8)7-20-22(4,18)19-3;1-7-8(2)11(14-5-4-10(15)13-12(14)16)24-9(7)6-23-27(3,17)25-29(21,22)26-28(18,19)20;4*1-2/h2*5-6,8-10,12,18H,4,7H2,1-3H3,(H,14,16,17);4-5,7-9,11,17H,3,6H2,1-2H3,(H,21,22)(H,13,15,16)(H2,18,19,20);4*1-2H3. The molecule has 3 aliphatic heterocycles. The summed E-state index contributed by atoms with van der Waals surface area (Å²) < 4.78 is 76.5. The van der Waals surface area contributed by atoms with Crippen LogP contribution in [-0.4, -0.2) is 129 Å². The molecule has 0 bridgehead atoms. The normalized spacial score (nSPS) is 27.7. The number of hydrogen-bond donors (Lipinski definition) is 9. The molecule has 6 rings (SSSR count). The molecule has 30 nitrogen and oxygen atoms in total. The highest BCUT2D eigenvalue weighted by Crippen LogP contribution is 2.66. The maximum Gasteiger partial charge on any atom is 0.487 e. The number of H-pyrrole nitrogens is 3. The first kappa shape index (κ1) is 77.8. The van der Waals surface area contributed by atoms with Crippen molar-refractivity contribution < 1.29 is 83.9 Å². The predicted octanol–water partition coefficient (Wildman–Crippen LogP) is 5.35. The highest BCUT2D eigenvalue weighted by Gasteiger charge is 2.44. The molecule has 0 amide bonds. The van der Waals surface area contributed by atoms with E-state index in [2.05, 4.69) is 42.5 Å². The zero-order chi connectivity index (χ0) is 63.2. The average molecular weight is 1260 g/mol. The molecule has 3 aromatic heterocycles. The third-order valence-corrected chi connectivity index (χ3v) is 18.6. The molecule has 9 N–H and O–H groups in total. The molecule has 3 aromatic rings. The highest BCUT2D eigenvalue weighted by molar-refractivity contribution is 7.70. The van der Waals surface area contributed by atoms with Crippen LogP contribution in [0.2, 0.25) is 0 Å². The van der Waals surface area contributed by atoms with E-state index in [1.165, 1.54) is 58.6 Å². The van der Waals surface area contributed by atoms with Crippen molar-refractivity contribution in [3.63, 3.8) is 0 Å². The van der Waals surface area contributed by atoms with E-state index in [4.69, 9.17) is 46.6 Å². The lowest BCUT2D eigenvalue weighted by Crippen LogP contribution is -2.33. The van der Waals surface area contributed by atoms with Gasteiger partial charge < -0.3 is 66.2 Å². The summed E-state index contributed by atoms with van der Waals surface area (Å²) in [4.78, 5) is 132. The van der Waals surface area contributed by atoms with Gasteiger partial charge in [0, 0.05) is 68.8 Å². The summed E-state index contributed by atoms with van der Waals surface area (Å²) in [5, 5.41) is 0. The van der Waals surface area contributed by atoms with Gasteiger partial charge in [0.1, 0.15) is 18.7 Å². The van der Waals surface area contributed by atoms with Crippen LogP contribution >= 0.6 is 38.3 Å². The van der Waals surface area contributed by atoms with Crippen molar-refractivity contribution in [3.8, 4) is 0 Å². The smallest absolute Gasteiger partial charge is 0.352 e. The van der Waals surface area contributed by atoms with E-state index < -0.39 is 96.9 Å². The Morgan fingerprint density at radius 2 is 0.704 bits per heavy atom. The SMILES string of the molecule is C=P(O)(OC)OCC1OC(n2ccc(=O)[nH]c2=O)C(C)C1C.C=P(O)(OC)OCC1OC(n2ccc(=O)[nH]c2=O)C(C)C1C.C=P(O)(OCC1OC(n2ccc(=O)[nH]c2=O)C(C)C1C)OP(=O)(O)OP(=O)(O)O.CC.CC.CC.CC. The van der Waals surface area contributed by atoms with E-state index in [9.17, 15) is 57.5 Å². The van der Waals surface area contributed by atoms with Crippen LogP contribution in [0.25, 0.3) is 0 Å². The second kappa shape index (κ2) is 35.3. The lowest BCUT2D eigenvalue weighted by Gasteiger charge is -2.23. The topological polar surface area (TPSA) is 412 Å². The fraction of sp³-hybridized carbons (Fsp3) is 0.674. The maximum atomic E-state index is 12.0. The van der Waals surface area contributed by atoms with E-state index >= 15 is 0 Å². The molecule has 3 saturated heterocycles. The highest BCUT2D eigenvalue weighted by atomic mass is 31.3. The number of rotatable bonds is 18. The van der Waals surface area contributed by atoms with Gasteiger partial charge in [-0.15, -0.1) is 0 Å². The van der Waals surface area contributed by atoms with E-state index in [1.807, 2.05) is 83.1 Å². The minimum atomic E-state index is -5.38. The van der Waals surface area contributed by atoms with Crippen molar-refractivity contribution >= 4 is 57.2 Å². The fourth-order valence-electron chi connectivity index (χ4n) is 7.50. The van der Waals surface area contributed by atoms with Crippen molar-refractivity contribution in [3.05, 3.63) is 99.3 Å². The first-order valence-corrected chi connectivity index (χ1v) is 34.1. The predicted molar refractivity (Wildman–Crippen MR) is 311 cm³/mol. The molecule has 3 aliphatic rings. The Hall–Kier alpha value is -3.24. The van der Waals surface area contributed by atoms with Crippen molar-refractivity contribution in [2.75, 3.05) is 34.0 Å². The zero-order valence-electron chi connectivity index (χ0n) is 48.7. The molecule has 16 unspecified atom stereocenters.